The van der Waals surface area contributed by atoms with Crippen LogP contribution in [-0.4, -0.2) is 36.2 Å². The van der Waals surface area contributed by atoms with Crippen LogP contribution in [0.2, 0.25) is 0 Å². The minimum atomic E-state index is -0.473. The molecule has 0 aliphatic carbocycles. The van der Waals surface area contributed by atoms with Gasteiger partial charge in [-0.3, -0.25) is 14.5 Å². The first-order valence-corrected chi connectivity index (χ1v) is 8.52. The number of carbonyl (C=O) groups is 2. The van der Waals surface area contributed by atoms with E-state index in [1.807, 2.05) is 53.7 Å². The summed E-state index contributed by atoms with van der Waals surface area (Å²) in [5.74, 6) is -0.151. The van der Waals surface area contributed by atoms with Crippen LogP contribution in [0.25, 0.3) is 0 Å². The van der Waals surface area contributed by atoms with Crippen molar-refractivity contribution in [3.05, 3.63) is 58.3 Å². The number of benzene rings is 1. The number of nitrogens with zero attached hydrogens (tertiary/aromatic N) is 1. The number of Topliss-reactive ketones (excluding diaryl/α,β-unsaturated/α-hetero) is 1. The van der Waals surface area contributed by atoms with Gasteiger partial charge in [-0.2, -0.15) is 11.3 Å². The zero-order chi connectivity index (χ0) is 16.7. The summed E-state index contributed by atoms with van der Waals surface area (Å²) in [7, 11) is 1.90. The summed E-state index contributed by atoms with van der Waals surface area (Å²) in [6.45, 7) is 2.51. The van der Waals surface area contributed by atoms with Crippen LogP contribution in [0.5, 0.6) is 0 Å². The van der Waals surface area contributed by atoms with Crippen molar-refractivity contribution < 1.29 is 9.59 Å². The van der Waals surface area contributed by atoms with E-state index in [0.29, 0.717) is 6.42 Å². The van der Waals surface area contributed by atoms with Crippen LogP contribution < -0.4 is 5.32 Å². The third-order valence-corrected chi connectivity index (χ3v) is 4.29. The average Bonchev–Trinajstić information content (AvgIpc) is 3.00. The van der Waals surface area contributed by atoms with Crippen LogP contribution in [0.1, 0.15) is 18.1 Å². The van der Waals surface area contributed by atoms with Gasteiger partial charge >= 0.3 is 0 Å². The molecule has 0 aliphatic rings. The molecule has 23 heavy (non-hydrogen) atoms. The lowest BCUT2D eigenvalue weighted by Gasteiger charge is -2.19. The number of hydrogen-bond donors (Lipinski definition) is 1. The fourth-order valence-corrected chi connectivity index (χ4v) is 3.04. The lowest BCUT2D eigenvalue weighted by atomic mass is 10.0. The number of rotatable bonds is 8. The summed E-state index contributed by atoms with van der Waals surface area (Å²) < 4.78 is 0. The highest BCUT2D eigenvalue weighted by molar-refractivity contribution is 7.07. The van der Waals surface area contributed by atoms with Crippen molar-refractivity contribution in [2.75, 3.05) is 13.6 Å². The number of likely N-dealkylation sites (N-methyl/N-ethyl adjacent to an activating group) is 1. The van der Waals surface area contributed by atoms with Gasteiger partial charge in [-0.15, -0.1) is 0 Å². The summed E-state index contributed by atoms with van der Waals surface area (Å²) in [5.41, 5.74) is 2.23. The monoisotopic (exact) mass is 330 g/mol. The number of amides is 1. The standard InChI is InChI=1S/C18H22N2O2S/c1-14(21)17(10-15-6-4-3-5-7-15)19-18(22)12-20(2)11-16-8-9-23-13-16/h3-9,13,17H,10-12H2,1-2H3,(H,19,22)/t17-/m0/s1. The number of nitrogens with one attached hydrogen (secondary N) is 1. The molecular weight excluding hydrogens is 308 g/mol. The molecule has 1 atom stereocenters. The fraction of sp³-hybridized carbons (Fsp3) is 0.333. The summed E-state index contributed by atoms with van der Waals surface area (Å²) in [6, 6.07) is 11.3. The van der Waals surface area contributed by atoms with Crippen molar-refractivity contribution in [3.8, 4) is 0 Å². The molecular formula is C18H22N2O2S. The third kappa shape index (κ3) is 5.96. The Morgan fingerprint density at radius 3 is 2.52 bits per heavy atom. The van der Waals surface area contributed by atoms with E-state index in [2.05, 4.69) is 10.7 Å². The van der Waals surface area contributed by atoms with Crippen LogP contribution in [0.3, 0.4) is 0 Å². The molecule has 0 fully saturated rings. The molecule has 1 heterocycles. The molecule has 0 saturated carbocycles. The number of ketones is 1. The maximum Gasteiger partial charge on any atom is 0.234 e. The molecule has 0 bridgehead atoms. The predicted octanol–water partition coefficient (Wildman–Crippen LogP) is 2.50. The zero-order valence-electron chi connectivity index (χ0n) is 13.5. The van der Waals surface area contributed by atoms with Gasteiger partial charge in [-0.1, -0.05) is 30.3 Å². The van der Waals surface area contributed by atoms with Gasteiger partial charge < -0.3 is 5.32 Å². The Morgan fingerprint density at radius 2 is 1.91 bits per heavy atom. The lowest BCUT2D eigenvalue weighted by Crippen LogP contribution is -2.45. The Hall–Kier alpha value is -1.98. The van der Waals surface area contributed by atoms with E-state index >= 15 is 0 Å². The maximum absolute atomic E-state index is 12.2. The van der Waals surface area contributed by atoms with Crippen molar-refractivity contribution in [2.24, 2.45) is 0 Å². The normalized spacial score (nSPS) is 12.1. The van der Waals surface area contributed by atoms with Crippen LogP contribution >= 0.6 is 11.3 Å². The van der Waals surface area contributed by atoms with Gasteiger partial charge in [-0.05, 0) is 48.3 Å². The first kappa shape index (κ1) is 17.4. The summed E-state index contributed by atoms with van der Waals surface area (Å²) in [5, 5.41) is 6.94. The van der Waals surface area contributed by atoms with Crippen molar-refractivity contribution in [1.29, 1.82) is 0 Å². The van der Waals surface area contributed by atoms with Crippen LogP contribution in [0.15, 0.2) is 47.2 Å². The highest BCUT2D eigenvalue weighted by Crippen LogP contribution is 2.08. The summed E-state index contributed by atoms with van der Waals surface area (Å²) >= 11 is 1.64. The maximum atomic E-state index is 12.2. The van der Waals surface area contributed by atoms with E-state index in [9.17, 15) is 9.59 Å². The van der Waals surface area contributed by atoms with Gasteiger partial charge in [0.1, 0.15) is 0 Å². The van der Waals surface area contributed by atoms with Gasteiger partial charge in [0.15, 0.2) is 5.78 Å². The zero-order valence-corrected chi connectivity index (χ0v) is 14.3. The molecule has 1 amide bonds. The minimum Gasteiger partial charge on any atom is -0.345 e. The minimum absolute atomic E-state index is 0.0253. The molecule has 0 spiro atoms. The van der Waals surface area contributed by atoms with Crippen molar-refractivity contribution in [3.63, 3.8) is 0 Å². The molecule has 0 radical (unpaired) electrons. The highest BCUT2D eigenvalue weighted by atomic mass is 32.1. The van der Waals surface area contributed by atoms with E-state index < -0.39 is 6.04 Å². The predicted molar refractivity (Wildman–Crippen MR) is 93.4 cm³/mol. The van der Waals surface area contributed by atoms with E-state index in [0.717, 1.165) is 12.1 Å². The number of hydrogen-bond acceptors (Lipinski definition) is 4. The summed E-state index contributed by atoms with van der Waals surface area (Å²) in [4.78, 5) is 25.9. The second kappa shape index (κ2) is 8.60. The fourth-order valence-electron chi connectivity index (χ4n) is 2.38. The van der Waals surface area contributed by atoms with E-state index in [1.54, 1.807) is 11.3 Å². The first-order chi connectivity index (χ1) is 11.0. The third-order valence-electron chi connectivity index (χ3n) is 3.55. The second-order valence-electron chi connectivity index (χ2n) is 5.72. The number of thiophene rings is 1. The van der Waals surface area contributed by atoms with Gasteiger partial charge in [0.2, 0.25) is 5.91 Å². The molecule has 0 saturated heterocycles. The molecule has 4 nitrogen and oxygen atoms in total. The van der Waals surface area contributed by atoms with Crippen LogP contribution in [0.4, 0.5) is 0 Å². The van der Waals surface area contributed by atoms with Crippen molar-refractivity contribution in [1.82, 2.24) is 10.2 Å². The van der Waals surface area contributed by atoms with Crippen molar-refractivity contribution in [2.45, 2.75) is 25.9 Å². The van der Waals surface area contributed by atoms with Crippen molar-refractivity contribution >= 4 is 23.0 Å². The molecule has 2 aromatic rings. The average molecular weight is 330 g/mol. The Kier molecular flexibility index (Phi) is 6.50. The first-order valence-electron chi connectivity index (χ1n) is 7.58. The molecule has 1 aromatic heterocycles. The number of carbonyl (C=O) groups excluding carboxylic acids is 2. The largest absolute Gasteiger partial charge is 0.345 e. The Bertz CT molecular complexity index is 626. The quantitative estimate of drug-likeness (QED) is 0.809. The van der Waals surface area contributed by atoms with E-state index in [4.69, 9.17) is 0 Å². The molecule has 0 aliphatic heterocycles. The van der Waals surface area contributed by atoms with Crippen LogP contribution in [0, 0.1) is 0 Å². The van der Waals surface area contributed by atoms with Gasteiger partial charge in [0.05, 0.1) is 12.6 Å². The van der Waals surface area contributed by atoms with Gasteiger partial charge in [0, 0.05) is 6.54 Å². The van der Waals surface area contributed by atoms with E-state index in [1.165, 1.54) is 12.5 Å². The molecule has 122 valence electrons. The molecule has 0 unspecified atom stereocenters. The smallest absolute Gasteiger partial charge is 0.234 e. The Balaban J connectivity index is 1.86. The SMILES string of the molecule is CC(=O)[C@H](Cc1ccccc1)NC(=O)CN(C)Cc1ccsc1. The van der Waals surface area contributed by atoms with Gasteiger partial charge in [-0.25, -0.2) is 0 Å². The van der Waals surface area contributed by atoms with E-state index in [-0.39, 0.29) is 18.2 Å². The Morgan fingerprint density at radius 1 is 1.17 bits per heavy atom. The molecule has 2 rings (SSSR count). The second-order valence-corrected chi connectivity index (χ2v) is 6.50. The summed E-state index contributed by atoms with van der Waals surface area (Å²) in [6.07, 6.45) is 0.524. The topological polar surface area (TPSA) is 49.4 Å². The molecule has 1 aromatic carbocycles. The highest BCUT2D eigenvalue weighted by Gasteiger charge is 2.18. The molecule has 5 heteroatoms. The lowest BCUT2D eigenvalue weighted by molar-refractivity contribution is -0.127. The van der Waals surface area contributed by atoms with Crippen LogP contribution in [-0.2, 0) is 22.6 Å². The van der Waals surface area contributed by atoms with Gasteiger partial charge in [0.25, 0.3) is 0 Å². The molecule has 1 N–H and O–H groups in total. The Labute approximate surface area is 141 Å².